The second kappa shape index (κ2) is 5.13. The molecular weight excluding hydrogens is 262 g/mol. The second-order valence-corrected chi connectivity index (χ2v) is 6.95. The summed E-state index contributed by atoms with van der Waals surface area (Å²) in [6, 6.07) is 6.10. The Labute approximate surface area is 125 Å². The van der Waals surface area contributed by atoms with Crippen LogP contribution in [0.4, 0.5) is 5.69 Å². The number of benzene rings is 1. The van der Waals surface area contributed by atoms with Crippen LogP contribution in [-0.2, 0) is 11.2 Å². The third-order valence-corrected chi connectivity index (χ3v) is 5.68. The van der Waals surface area contributed by atoms with Crippen molar-refractivity contribution in [1.29, 1.82) is 0 Å². The summed E-state index contributed by atoms with van der Waals surface area (Å²) >= 11 is 0. The molecule has 3 aliphatic rings. The third-order valence-electron chi connectivity index (χ3n) is 5.68. The van der Waals surface area contributed by atoms with Gasteiger partial charge in [-0.1, -0.05) is 25.0 Å². The van der Waals surface area contributed by atoms with Gasteiger partial charge in [0, 0.05) is 12.1 Å². The molecule has 1 amide bonds. The lowest BCUT2D eigenvalue weighted by Gasteiger charge is -2.14. The van der Waals surface area contributed by atoms with Crippen LogP contribution in [-0.4, -0.2) is 11.0 Å². The van der Waals surface area contributed by atoms with Gasteiger partial charge in [0.1, 0.15) is 0 Å². The van der Waals surface area contributed by atoms with Gasteiger partial charge in [0.15, 0.2) is 0 Å². The van der Waals surface area contributed by atoms with Crippen LogP contribution >= 0.6 is 0 Å². The zero-order chi connectivity index (χ0) is 14.4. The molecule has 112 valence electrons. The maximum atomic E-state index is 11.6. The number of carbonyl (C=O) groups excluding carboxylic acids is 1. The first-order valence-electron chi connectivity index (χ1n) is 8.35. The van der Waals surface area contributed by atoms with E-state index in [0.29, 0.717) is 12.3 Å². The van der Waals surface area contributed by atoms with Gasteiger partial charge in [-0.2, -0.15) is 0 Å². The van der Waals surface area contributed by atoms with Gasteiger partial charge in [-0.25, -0.2) is 0 Å². The van der Waals surface area contributed by atoms with Crippen molar-refractivity contribution >= 4 is 11.6 Å². The van der Waals surface area contributed by atoms with E-state index in [1.54, 1.807) is 0 Å². The van der Waals surface area contributed by atoms with Gasteiger partial charge in [-0.05, 0) is 60.6 Å². The zero-order valence-electron chi connectivity index (χ0n) is 12.3. The highest BCUT2D eigenvalue weighted by Crippen LogP contribution is 2.60. The molecule has 3 unspecified atom stereocenters. The smallest absolute Gasteiger partial charge is 0.224 e. The maximum absolute atomic E-state index is 11.6. The van der Waals surface area contributed by atoms with E-state index in [-0.39, 0.29) is 12.0 Å². The van der Waals surface area contributed by atoms with Gasteiger partial charge in [-0.3, -0.25) is 4.79 Å². The van der Waals surface area contributed by atoms with Crippen LogP contribution in [0.2, 0.25) is 0 Å². The van der Waals surface area contributed by atoms with Crippen LogP contribution in [0.1, 0.15) is 55.8 Å². The lowest BCUT2D eigenvalue weighted by molar-refractivity contribution is -0.116. The van der Waals surface area contributed by atoms with Gasteiger partial charge in [0.25, 0.3) is 0 Å². The highest BCUT2D eigenvalue weighted by molar-refractivity contribution is 5.92. The number of nitrogens with one attached hydrogen (secondary N) is 1. The van der Waals surface area contributed by atoms with Crippen molar-refractivity contribution in [3.63, 3.8) is 0 Å². The van der Waals surface area contributed by atoms with Gasteiger partial charge < -0.3 is 10.4 Å². The van der Waals surface area contributed by atoms with Crippen molar-refractivity contribution in [2.75, 3.05) is 5.32 Å². The SMILES string of the molecule is O=C1CCCc2cc(C(O)C3C4CCCCC43)ccc2N1. The van der Waals surface area contributed by atoms with Crippen LogP contribution in [0.3, 0.4) is 0 Å². The summed E-state index contributed by atoms with van der Waals surface area (Å²) in [6.45, 7) is 0. The van der Waals surface area contributed by atoms with Crippen molar-refractivity contribution in [1.82, 2.24) is 0 Å². The molecule has 1 aliphatic heterocycles. The van der Waals surface area contributed by atoms with E-state index in [1.807, 2.05) is 12.1 Å². The number of rotatable bonds is 2. The molecule has 2 saturated carbocycles. The topological polar surface area (TPSA) is 49.3 Å². The van der Waals surface area contributed by atoms with Crippen LogP contribution in [0.25, 0.3) is 0 Å². The molecule has 21 heavy (non-hydrogen) atoms. The van der Waals surface area contributed by atoms with Crippen LogP contribution in [0.5, 0.6) is 0 Å². The molecule has 0 radical (unpaired) electrons. The molecule has 1 aromatic carbocycles. The Morgan fingerprint density at radius 1 is 1.10 bits per heavy atom. The molecule has 3 nitrogen and oxygen atoms in total. The van der Waals surface area contributed by atoms with E-state index in [4.69, 9.17) is 0 Å². The molecule has 0 saturated heterocycles. The minimum absolute atomic E-state index is 0.107. The van der Waals surface area contributed by atoms with Gasteiger partial charge >= 0.3 is 0 Å². The molecule has 0 aromatic heterocycles. The number of aliphatic hydroxyl groups excluding tert-OH is 1. The Morgan fingerprint density at radius 2 is 1.86 bits per heavy atom. The summed E-state index contributed by atoms with van der Waals surface area (Å²) in [7, 11) is 0. The summed E-state index contributed by atoms with van der Waals surface area (Å²) in [5.74, 6) is 2.10. The maximum Gasteiger partial charge on any atom is 0.224 e. The van der Waals surface area contributed by atoms with Crippen molar-refractivity contribution < 1.29 is 9.90 Å². The second-order valence-electron chi connectivity index (χ2n) is 6.95. The molecule has 2 fully saturated rings. The van der Waals surface area contributed by atoms with Crippen LogP contribution in [0, 0.1) is 17.8 Å². The highest BCUT2D eigenvalue weighted by atomic mass is 16.3. The number of aliphatic hydroxyl groups is 1. The number of fused-ring (bicyclic) bond motifs is 2. The Bertz CT molecular complexity index is 556. The molecule has 2 N–H and O–H groups in total. The van der Waals surface area contributed by atoms with E-state index in [0.717, 1.165) is 35.9 Å². The Morgan fingerprint density at radius 3 is 2.62 bits per heavy atom. The summed E-state index contributed by atoms with van der Waals surface area (Å²) in [5.41, 5.74) is 3.16. The van der Waals surface area contributed by atoms with Crippen molar-refractivity contribution in [2.24, 2.45) is 17.8 Å². The largest absolute Gasteiger partial charge is 0.388 e. The molecule has 0 spiro atoms. The van der Waals surface area contributed by atoms with Gasteiger partial charge in [0.2, 0.25) is 5.91 Å². The number of anilines is 1. The molecule has 3 atom stereocenters. The predicted octanol–water partition coefficient (Wildman–Crippen LogP) is 3.43. The first-order valence-corrected chi connectivity index (χ1v) is 8.35. The molecule has 2 aliphatic carbocycles. The normalized spacial score (nSPS) is 32.4. The average Bonchev–Trinajstić information content (AvgIpc) is 3.24. The molecule has 3 heteroatoms. The lowest BCUT2D eigenvalue weighted by atomic mass is 9.98. The van der Waals surface area contributed by atoms with E-state index in [2.05, 4.69) is 11.4 Å². The van der Waals surface area contributed by atoms with E-state index < -0.39 is 0 Å². The van der Waals surface area contributed by atoms with Crippen molar-refractivity contribution in [3.05, 3.63) is 29.3 Å². The van der Waals surface area contributed by atoms with Gasteiger partial charge in [-0.15, -0.1) is 0 Å². The Balaban J connectivity index is 1.56. The number of carbonyl (C=O) groups is 1. The molecular formula is C18H23NO2. The van der Waals surface area contributed by atoms with E-state index >= 15 is 0 Å². The quantitative estimate of drug-likeness (QED) is 0.874. The first-order chi connectivity index (χ1) is 10.2. The van der Waals surface area contributed by atoms with Crippen molar-refractivity contribution in [3.8, 4) is 0 Å². The number of hydrogen-bond acceptors (Lipinski definition) is 2. The number of hydrogen-bond donors (Lipinski definition) is 2. The van der Waals surface area contributed by atoms with Crippen LogP contribution in [0.15, 0.2) is 18.2 Å². The first kappa shape index (κ1) is 13.3. The fourth-order valence-electron chi connectivity index (χ4n) is 4.52. The number of aryl methyl sites for hydroxylation is 1. The fourth-order valence-corrected chi connectivity index (χ4v) is 4.52. The van der Waals surface area contributed by atoms with E-state index in [9.17, 15) is 9.90 Å². The minimum Gasteiger partial charge on any atom is -0.388 e. The Kier molecular flexibility index (Phi) is 3.26. The Hall–Kier alpha value is -1.35. The summed E-state index contributed by atoms with van der Waals surface area (Å²) in [5, 5.41) is 13.7. The standard InChI is InChI=1S/C18H23NO2/c20-16-7-3-4-11-10-12(8-9-15(11)19-16)18(21)17-13-5-1-2-6-14(13)17/h8-10,13-14,17-18,21H,1-7H2,(H,19,20). The van der Waals surface area contributed by atoms with E-state index in [1.165, 1.54) is 31.2 Å². The third kappa shape index (κ3) is 2.38. The van der Waals surface area contributed by atoms with Crippen molar-refractivity contribution in [2.45, 2.75) is 51.0 Å². The van der Waals surface area contributed by atoms with Crippen LogP contribution < -0.4 is 5.32 Å². The monoisotopic (exact) mass is 285 g/mol. The predicted molar refractivity (Wildman–Crippen MR) is 81.9 cm³/mol. The molecule has 1 aromatic rings. The molecule has 4 rings (SSSR count). The lowest BCUT2D eigenvalue weighted by Crippen LogP contribution is -2.09. The average molecular weight is 285 g/mol. The molecule has 0 bridgehead atoms. The minimum atomic E-state index is -0.317. The highest BCUT2D eigenvalue weighted by Gasteiger charge is 2.54. The summed E-state index contributed by atoms with van der Waals surface area (Å²) < 4.78 is 0. The van der Waals surface area contributed by atoms with Gasteiger partial charge in [0.05, 0.1) is 6.10 Å². The summed E-state index contributed by atoms with van der Waals surface area (Å²) in [4.78, 5) is 11.6. The number of amides is 1. The summed E-state index contributed by atoms with van der Waals surface area (Å²) in [6.07, 6.45) is 7.36. The zero-order valence-corrected chi connectivity index (χ0v) is 12.3. The fraction of sp³-hybridized carbons (Fsp3) is 0.611. The molecule has 1 heterocycles.